The van der Waals surface area contributed by atoms with Gasteiger partial charge >= 0.3 is 0 Å². The number of nitrogens with zero attached hydrogens (tertiary/aromatic N) is 3. The number of fused-ring (bicyclic) bond motifs is 1. The number of hydrogen-bond acceptors (Lipinski definition) is 6. The Hall–Kier alpha value is -1.99. The van der Waals surface area contributed by atoms with Crippen LogP contribution < -0.4 is 10.1 Å². The van der Waals surface area contributed by atoms with Crippen molar-refractivity contribution < 1.29 is 9.13 Å². The van der Waals surface area contributed by atoms with Gasteiger partial charge in [0.05, 0.1) is 10.2 Å². The third kappa shape index (κ3) is 3.07. The summed E-state index contributed by atoms with van der Waals surface area (Å²) >= 11 is 7.44. The monoisotopic (exact) mass is 350 g/mol. The van der Waals surface area contributed by atoms with Crippen molar-refractivity contribution in [2.24, 2.45) is 0 Å². The number of thiazole rings is 1. The summed E-state index contributed by atoms with van der Waals surface area (Å²) in [5.74, 6) is 0.0976. The number of hydrogen-bond donors (Lipinski definition) is 1. The van der Waals surface area contributed by atoms with Crippen molar-refractivity contribution in [3.8, 4) is 5.88 Å². The first-order valence-electron chi connectivity index (χ1n) is 7.13. The Morgan fingerprint density at radius 3 is 2.91 bits per heavy atom. The molecule has 0 spiro atoms. The van der Waals surface area contributed by atoms with Crippen LogP contribution in [0.4, 0.5) is 9.52 Å². The first-order chi connectivity index (χ1) is 11.2. The van der Waals surface area contributed by atoms with E-state index in [9.17, 15) is 4.39 Å². The highest BCUT2D eigenvalue weighted by molar-refractivity contribution is 7.22. The minimum absolute atomic E-state index is 0.0634. The minimum atomic E-state index is -0.271. The Balaban J connectivity index is 1.35. The molecule has 1 N–H and O–H groups in total. The maximum atomic E-state index is 13.2. The molecule has 8 heteroatoms. The molecule has 2 aromatic heterocycles. The Morgan fingerprint density at radius 1 is 1.26 bits per heavy atom. The topological polar surface area (TPSA) is 59.9 Å². The van der Waals surface area contributed by atoms with Crippen LogP contribution in [0.5, 0.6) is 5.88 Å². The lowest BCUT2D eigenvalue weighted by Crippen LogP contribution is -2.42. The summed E-state index contributed by atoms with van der Waals surface area (Å²) in [6, 6.07) is 4.92. The van der Waals surface area contributed by atoms with Crippen LogP contribution in [-0.2, 0) is 0 Å². The van der Waals surface area contributed by atoms with Crippen LogP contribution in [0, 0.1) is 5.82 Å². The van der Waals surface area contributed by atoms with Crippen molar-refractivity contribution in [3.05, 3.63) is 41.6 Å². The summed E-state index contributed by atoms with van der Waals surface area (Å²) in [6.45, 7) is 0. The fraction of sp³-hybridized carbons (Fsp3) is 0.267. The van der Waals surface area contributed by atoms with E-state index in [4.69, 9.17) is 16.3 Å². The molecule has 1 aromatic carbocycles. The second-order valence-electron chi connectivity index (χ2n) is 5.34. The SMILES string of the molecule is Fc1ccc2sc(N[C@H]3C[C@H](Oc4nccnc4Cl)C3)nc2c1. The Kier molecular flexibility index (Phi) is 3.74. The molecular formula is C15H12ClFN4OS. The van der Waals surface area contributed by atoms with E-state index in [0.29, 0.717) is 11.4 Å². The van der Waals surface area contributed by atoms with E-state index in [-0.39, 0.29) is 23.1 Å². The molecule has 0 amide bonds. The lowest BCUT2D eigenvalue weighted by Gasteiger charge is -2.35. The second kappa shape index (κ2) is 5.90. The van der Waals surface area contributed by atoms with Crippen molar-refractivity contribution in [1.29, 1.82) is 0 Å². The number of nitrogens with one attached hydrogen (secondary N) is 1. The molecule has 0 bridgehead atoms. The van der Waals surface area contributed by atoms with E-state index in [1.807, 2.05) is 0 Å². The molecule has 0 unspecified atom stereocenters. The standard InChI is InChI=1S/C15H12ClFN4OS/c16-13-14(19-4-3-18-13)22-10-6-9(7-10)20-15-21-11-5-8(17)1-2-12(11)23-15/h1-5,9-10H,6-7H2,(H,20,21)/t9-,10-. The molecule has 23 heavy (non-hydrogen) atoms. The molecule has 4 rings (SSSR count). The van der Waals surface area contributed by atoms with E-state index in [1.54, 1.807) is 12.3 Å². The Bertz CT molecular complexity index is 852. The van der Waals surface area contributed by atoms with Crippen LogP contribution in [0.2, 0.25) is 5.15 Å². The highest BCUT2D eigenvalue weighted by Gasteiger charge is 2.32. The zero-order valence-corrected chi connectivity index (χ0v) is 13.4. The average Bonchev–Trinajstić information content (AvgIpc) is 2.88. The normalized spacial score (nSPS) is 20.3. The molecule has 2 heterocycles. The van der Waals surface area contributed by atoms with Gasteiger partial charge in [0, 0.05) is 37.3 Å². The molecule has 0 aliphatic heterocycles. The third-order valence-corrected chi connectivity index (χ3v) is 4.90. The molecule has 1 aliphatic rings. The molecule has 0 atom stereocenters. The number of rotatable bonds is 4. The predicted molar refractivity (Wildman–Crippen MR) is 87.7 cm³/mol. The van der Waals surface area contributed by atoms with Crippen LogP contribution in [0.25, 0.3) is 10.2 Å². The predicted octanol–water partition coefficient (Wildman–Crippen LogP) is 3.90. The van der Waals surface area contributed by atoms with Crippen LogP contribution in [0.1, 0.15) is 12.8 Å². The maximum Gasteiger partial charge on any atom is 0.252 e. The summed E-state index contributed by atoms with van der Waals surface area (Å²) in [5.41, 5.74) is 0.677. The van der Waals surface area contributed by atoms with Gasteiger partial charge in [-0.3, -0.25) is 0 Å². The zero-order valence-electron chi connectivity index (χ0n) is 11.9. The molecule has 0 saturated heterocycles. The molecule has 0 radical (unpaired) electrons. The number of anilines is 1. The van der Waals surface area contributed by atoms with Crippen LogP contribution in [-0.4, -0.2) is 27.1 Å². The Morgan fingerprint density at radius 2 is 2.09 bits per heavy atom. The molecule has 1 aliphatic carbocycles. The summed E-state index contributed by atoms with van der Waals surface area (Å²) < 4.78 is 19.9. The van der Waals surface area contributed by atoms with Gasteiger partial charge in [0.1, 0.15) is 11.9 Å². The van der Waals surface area contributed by atoms with E-state index in [0.717, 1.165) is 22.7 Å². The fourth-order valence-electron chi connectivity index (χ4n) is 2.46. The van der Waals surface area contributed by atoms with Gasteiger partial charge in [-0.05, 0) is 12.1 Å². The van der Waals surface area contributed by atoms with Crippen LogP contribution in [0.3, 0.4) is 0 Å². The minimum Gasteiger partial charge on any atom is -0.472 e. The van der Waals surface area contributed by atoms with Gasteiger partial charge in [0.2, 0.25) is 0 Å². The maximum absolute atomic E-state index is 13.2. The van der Waals surface area contributed by atoms with E-state index in [2.05, 4.69) is 20.3 Å². The molecule has 3 aromatic rings. The second-order valence-corrected chi connectivity index (χ2v) is 6.72. The van der Waals surface area contributed by atoms with E-state index >= 15 is 0 Å². The Labute approximate surface area is 140 Å². The summed E-state index contributed by atoms with van der Waals surface area (Å²) in [7, 11) is 0. The number of aromatic nitrogens is 3. The molecule has 118 valence electrons. The van der Waals surface area contributed by atoms with Crippen LogP contribution in [0.15, 0.2) is 30.6 Å². The molecular weight excluding hydrogens is 339 g/mol. The summed E-state index contributed by atoms with van der Waals surface area (Å²) in [4.78, 5) is 12.4. The van der Waals surface area contributed by atoms with E-state index in [1.165, 1.54) is 29.7 Å². The third-order valence-electron chi connectivity index (χ3n) is 3.67. The highest BCUT2D eigenvalue weighted by Crippen LogP contribution is 2.32. The number of benzene rings is 1. The van der Waals surface area contributed by atoms with Crippen molar-refractivity contribution in [3.63, 3.8) is 0 Å². The van der Waals surface area contributed by atoms with Gasteiger partial charge in [0.15, 0.2) is 10.3 Å². The zero-order chi connectivity index (χ0) is 15.8. The van der Waals surface area contributed by atoms with Gasteiger partial charge in [-0.25, -0.2) is 19.3 Å². The largest absolute Gasteiger partial charge is 0.472 e. The van der Waals surface area contributed by atoms with Crippen LogP contribution >= 0.6 is 22.9 Å². The van der Waals surface area contributed by atoms with Gasteiger partial charge in [-0.15, -0.1) is 0 Å². The quantitative estimate of drug-likeness (QED) is 0.773. The van der Waals surface area contributed by atoms with E-state index < -0.39 is 0 Å². The molecule has 5 nitrogen and oxygen atoms in total. The van der Waals surface area contributed by atoms with Gasteiger partial charge in [-0.2, -0.15) is 0 Å². The average molecular weight is 351 g/mol. The lowest BCUT2D eigenvalue weighted by atomic mass is 9.89. The highest BCUT2D eigenvalue weighted by atomic mass is 35.5. The summed E-state index contributed by atoms with van der Waals surface area (Å²) in [6.07, 6.45) is 4.80. The van der Waals surface area contributed by atoms with Gasteiger partial charge in [-0.1, -0.05) is 22.9 Å². The van der Waals surface area contributed by atoms with Gasteiger partial charge < -0.3 is 10.1 Å². The number of ether oxygens (including phenoxy) is 1. The first-order valence-corrected chi connectivity index (χ1v) is 8.32. The first kappa shape index (κ1) is 14.6. The van der Waals surface area contributed by atoms with Crippen molar-refractivity contribution >= 4 is 38.3 Å². The lowest BCUT2D eigenvalue weighted by molar-refractivity contribution is 0.102. The number of halogens is 2. The van der Waals surface area contributed by atoms with Crippen molar-refractivity contribution in [2.75, 3.05) is 5.32 Å². The molecule has 1 saturated carbocycles. The van der Waals surface area contributed by atoms with Gasteiger partial charge in [0.25, 0.3) is 5.88 Å². The molecule has 1 fully saturated rings. The smallest absolute Gasteiger partial charge is 0.252 e. The summed E-state index contributed by atoms with van der Waals surface area (Å²) in [5, 5.41) is 4.43. The fourth-order valence-corrected chi connectivity index (χ4v) is 3.53. The van der Waals surface area contributed by atoms with Crippen molar-refractivity contribution in [1.82, 2.24) is 15.0 Å². The van der Waals surface area contributed by atoms with Crippen molar-refractivity contribution in [2.45, 2.75) is 25.0 Å².